The molecule has 0 spiro atoms. The average molecular weight is 376 g/mol. The predicted octanol–water partition coefficient (Wildman–Crippen LogP) is 2.05. The highest BCUT2D eigenvalue weighted by atomic mass is 16.3. The second-order valence-corrected chi connectivity index (χ2v) is 6.13. The summed E-state index contributed by atoms with van der Waals surface area (Å²) in [5.74, 6) is 2.02. The van der Waals surface area contributed by atoms with Crippen LogP contribution in [0, 0.1) is 0 Å². The summed E-state index contributed by atoms with van der Waals surface area (Å²) < 4.78 is 0. The van der Waals surface area contributed by atoms with Crippen molar-refractivity contribution in [2.75, 3.05) is 36.9 Å². The highest BCUT2D eigenvalue weighted by molar-refractivity contribution is 5.92. The topological polar surface area (TPSA) is 116 Å². The number of hydrogen-bond donors (Lipinski definition) is 4. The molecule has 0 atom stereocenters. The molecule has 0 fully saturated rings. The van der Waals surface area contributed by atoms with Crippen LogP contribution in [0.25, 0.3) is 33.5 Å². The van der Waals surface area contributed by atoms with Gasteiger partial charge in [-0.15, -0.1) is 0 Å². The van der Waals surface area contributed by atoms with Crippen LogP contribution in [0.5, 0.6) is 0 Å². The van der Waals surface area contributed by atoms with Crippen LogP contribution in [0.4, 0.5) is 11.6 Å². The number of hydrogen-bond acceptors (Lipinski definition) is 8. The van der Waals surface area contributed by atoms with Crippen LogP contribution in [-0.4, -0.2) is 56.5 Å². The zero-order valence-electron chi connectivity index (χ0n) is 15.1. The van der Waals surface area contributed by atoms with E-state index in [4.69, 9.17) is 10.2 Å². The van der Waals surface area contributed by atoms with E-state index in [0.29, 0.717) is 36.4 Å². The van der Waals surface area contributed by atoms with Crippen LogP contribution in [0.1, 0.15) is 0 Å². The van der Waals surface area contributed by atoms with Gasteiger partial charge in [0.1, 0.15) is 11.6 Å². The maximum atomic E-state index is 9.16. The molecule has 4 rings (SSSR count). The van der Waals surface area contributed by atoms with E-state index in [1.807, 2.05) is 48.5 Å². The molecule has 0 saturated carbocycles. The summed E-state index contributed by atoms with van der Waals surface area (Å²) in [7, 11) is 0. The number of para-hydroxylation sites is 2. The monoisotopic (exact) mass is 376 g/mol. The van der Waals surface area contributed by atoms with Gasteiger partial charge in [-0.3, -0.25) is 0 Å². The van der Waals surface area contributed by atoms with Crippen molar-refractivity contribution in [1.82, 2.24) is 19.9 Å². The summed E-state index contributed by atoms with van der Waals surface area (Å²) in [5, 5.41) is 26.3. The standard InChI is InChI=1S/C20H20N6O2/c27-11-9-21-17-13-5-1-3-7-15(13)23-19(25-17)20-24-16-8-4-2-6-14(16)18(26-20)22-10-12-28/h1-8,27-28H,9-12H2,(H,21,23,25)(H,22,24,26). The van der Waals surface area contributed by atoms with Crippen LogP contribution in [0.15, 0.2) is 48.5 Å². The molecule has 0 unspecified atom stereocenters. The lowest BCUT2D eigenvalue weighted by Gasteiger charge is -2.12. The number of nitrogens with one attached hydrogen (secondary N) is 2. The number of rotatable bonds is 7. The molecular weight excluding hydrogens is 356 g/mol. The molecule has 0 saturated heterocycles. The quantitative estimate of drug-likeness (QED) is 0.387. The average Bonchev–Trinajstić information content (AvgIpc) is 2.75. The lowest BCUT2D eigenvalue weighted by atomic mass is 10.2. The van der Waals surface area contributed by atoms with Gasteiger partial charge in [0, 0.05) is 23.9 Å². The molecule has 2 aromatic carbocycles. The van der Waals surface area contributed by atoms with E-state index in [-0.39, 0.29) is 13.2 Å². The molecule has 4 N–H and O–H groups in total. The van der Waals surface area contributed by atoms with Crippen molar-refractivity contribution in [1.29, 1.82) is 0 Å². The van der Waals surface area contributed by atoms with E-state index in [0.717, 1.165) is 21.8 Å². The van der Waals surface area contributed by atoms with Crippen LogP contribution in [-0.2, 0) is 0 Å². The molecule has 0 aliphatic rings. The first-order chi connectivity index (χ1) is 13.8. The Morgan fingerprint density at radius 3 is 1.46 bits per heavy atom. The summed E-state index contributed by atoms with van der Waals surface area (Å²) in [4.78, 5) is 18.5. The Kier molecular flexibility index (Phi) is 5.22. The number of aliphatic hydroxyl groups excluding tert-OH is 2. The molecular formula is C20H20N6O2. The molecule has 2 heterocycles. The van der Waals surface area contributed by atoms with E-state index in [2.05, 4.69) is 30.6 Å². The molecule has 142 valence electrons. The minimum atomic E-state index is -0.00460. The highest BCUT2D eigenvalue weighted by Crippen LogP contribution is 2.26. The van der Waals surface area contributed by atoms with Crippen LogP contribution in [0.3, 0.4) is 0 Å². The number of aliphatic hydroxyl groups is 2. The third-order valence-corrected chi connectivity index (χ3v) is 4.21. The Bertz CT molecular complexity index is 1030. The van der Waals surface area contributed by atoms with Gasteiger partial charge in [0.05, 0.1) is 24.2 Å². The first-order valence-electron chi connectivity index (χ1n) is 9.03. The van der Waals surface area contributed by atoms with Crippen molar-refractivity contribution < 1.29 is 10.2 Å². The fourth-order valence-electron chi connectivity index (χ4n) is 2.97. The van der Waals surface area contributed by atoms with Crippen molar-refractivity contribution in [2.45, 2.75) is 0 Å². The first kappa shape index (κ1) is 18.0. The summed E-state index contributed by atoms with van der Waals surface area (Å²) in [5.41, 5.74) is 1.52. The van der Waals surface area contributed by atoms with Crippen molar-refractivity contribution in [2.24, 2.45) is 0 Å². The van der Waals surface area contributed by atoms with Gasteiger partial charge in [-0.1, -0.05) is 24.3 Å². The van der Waals surface area contributed by atoms with Gasteiger partial charge < -0.3 is 20.8 Å². The molecule has 0 aliphatic heterocycles. The largest absolute Gasteiger partial charge is 0.395 e. The van der Waals surface area contributed by atoms with Gasteiger partial charge in [0.15, 0.2) is 11.6 Å². The number of nitrogens with zero attached hydrogens (tertiary/aromatic N) is 4. The Balaban J connectivity index is 1.88. The molecule has 28 heavy (non-hydrogen) atoms. The Labute approximate surface area is 161 Å². The van der Waals surface area contributed by atoms with Gasteiger partial charge in [-0.05, 0) is 24.3 Å². The van der Waals surface area contributed by atoms with E-state index in [1.165, 1.54) is 0 Å². The number of fused-ring (bicyclic) bond motifs is 2. The van der Waals surface area contributed by atoms with E-state index >= 15 is 0 Å². The number of aromatic nitrogens is 4. The zero-order valence-corrected chi connectivity index (χ0v) is 15.1. The maximum Gasteiger partial charge on any atom is 0.200 e. The minimum Gasteiger partial charge on any atom is -0.395 e. The lowest BCUT2D eigenvalue weighted by molar-refractivity contribution is 0.310. The maximum absolute atomic E-state index is 9.16. The summed E-state index contributed by atoms with van der Waals surface area (Å²) in [6.45, 7) is 0.745. The van der Waals surface area contributed by atoms with E-state index < -0.39 is 0 Å². The zero-order chi connectivity index (χ0) is 19.3. The minimum absolute atomic E-state index is 0.00460. The third kappa shape index (κ3) is 3.55. The van der Waals surface area contributed by atoms with Gasteiger partial charge in [0.2, 0.25) is 0 Å². The number of anilines is 2. The predicted molar refractivity (Wildman–Crippen MR) is 109 cm³/mol. The number of benzene rings is 2. The first-order valence-corrected chi connectivity index (χ1v) is 9.03. The fraction of sp³-hybridized carbons (Fsp3) is 0.200. The van der Waals surface area contributed by atoms with Crippen molar-refractivity contribution >= 4 is 33.4 Å². The van der Waals surface area contributed by atoms with Gasteiger partial charge in [-0.2, -0.15) is 0 Å². The summed E-state index contributed by atoms with van der Waals surface area (Å²) >= 11 is 0. The normalized spacial score (nSPS) is 11.1. The third-order valence-electron chi connectivity index (χ3n) is 4.21. The molecule has 0 bridgehead atoms. The fourth-order valence-corrected chi connectivity index (χ4v) is 2.97. The molecule has 0 radical (unpaired) electrons. The van der Waals surface area contributed by atoms with Crippen LogP contribution >= 0.6 is 0 Å². The van der Waals surface area contributed by atoms with Gasteiger partial charge >= 0.3 is 0 Å². The SMILES string of the molecule is OCCNc1nc(-c2nc(NCCO)c3ccccc3n2)nc2ccccc12. The van der Waals surface area contributed by atoms with Crippen molar-refractivity contribution in [3.05, 3.63) is 48.5 Å². The molecule has 4 aromatic rings. The summed E-state index contributed by atoms with van der Waals surface area (Å²) in [6, 6.07) is 15.3. The highest BCUT2D eigenvalue weighted by Gasteiger charge is 2.14. The van der Waals surface area contributed by atoms with Crippen molar-refractivity contribution in [3.8, 4) is 11.6 Å². The summed E-state index contributed by atoms with van der Waals surface area (Å²) in [6.07, 6.45) is 0. The van der Waals surface area contributed by atoms with E-state index in [9.17, 15) is 0 Å². The Morgan fingerprint density at radius 2 is 1.04 bits per heavy atom. The van der Waals surface area contributed by atoms with Gasteiger partial charge in [-0.25, -0.2) is 19.9 Å². The molecule has 2 aromatic heterocycles. The molecule has 0 aliphatic carbocycles. The van der Waals surface area contributed by atoms with Crippen LogP contribution in [0.2, 0.25) is 0 Å². The molecule has 0 amide bonds. The lowest BCUT2D eigenvalue weighted by Crippen LogP contribution is -2.11. The van der Waals surface area contributed by atoms with Gasteiger partial charge in [0.25, 0.3) is 0 Å². The van der Waals surface area contributed by atoms with E-state index in [1.54, 1.807) is 0 Å². The van der Waals surface area contributed by atoms with Crippen molar-refractivity contribution in [3.63, 3.8) is 0 Å². The smallest absolute Gasteiger partial charge is 0.200 e. The Hall–Kier alpha value is -3.36. The molecule has 8 heteroatoms. The molecule has 8 nitrogen and oxygen atoms in total. The Morgan fingerprint density at radius 1 is 0.607 bits per heavy atom. The second kappa shape index (κ2) is 8.12. The van der Waals surface area contributed by atoms with Crippen LogP contribution < -0.4 is 10.6 Å². The second-order valence-electron chi connectivity index (χ2n) is 6.13.